The Morgan fingerprint density at radius 1 is 0.938 bits per heavy atom. The fourth-order valence-corrected chi connectivity index (χ4v) is 6.17. The van der Waals surface area contributed by atoms with Gasteiger partial charge in [0.25, 0.3) is 0 Å². The van der Waals surface area contributed by atoms with Gasteiger partial charge in [0.15, 0.2) is 0 Å². The molecule has 0 saturated heterocycles. The summed E-state index contributed by atoms with van der Waals surface area (Å²) in [4.78, 5) is 13.0. The number of rotatable bonds is 9. The van der Waals surface area contributed by atoms with Crippen LogP contribution >= 0.6 is 0 Å². The van der Waals surface area contributed by atoms with Crippen LogP contribution in [0.25, 0.3) is 0 Å². The lowest BCUT2D eigenvalue weighted by Crippen LogP contribution is -2.45. The van der Waals surface area contributed by atoms with E-state index in [1.165, 1.54) is 35.5 Å². The molecule has 2 aromatic rings. The highest BCUT2D eigenvalue weighted by Gasteiger charge is 2.29. The van der Waals surface area contributed by atoms with E-state index in [0.717, 1.165) is 21.7 Å². The maximum absolute atomic E-state index is 12.9. The van der Waals surface area contributed by atoms with E-state index < -0.39 is 32.0 Å². The number of hydrogen-bond acceptors (Lipinski definition) is 5. The molecule has 0 fully saturated rings. The normalized spacial score (nSPS) is 13.1. The monoisotopic (exact) mass is 481 g/mol. The van der Waals surface area contributed by atoms with Crippen LogP contribution < -0.4 is 9.62 Å². The van der Waals surface area contributed by atoms with Crippen LogP contribution in [0.3, 0.4) is 0 Å². The molecule has 1 amide bonds. The number of nitrogens with zero attached hydrogens (tertiary/aromatic N) is 2. The first-order valence-electron chi connectivity index (χ1n) is 10.3. The summed E-state index contributed by atoms with van der Waals surface area (Å²) in [6, 6.07) is 10.1. The van der Waals surface area contributed by atoms with Crippen molar-refractivity contribution in [1.29, 1.82) is 0 Å². The van der Waals surface area contributed by atoms with Gasteiger partial charge < -0.3 is 5.32 Å². The first-order chi connectivity index (χ1) is 14.8. The van der Waals surface area contributed by atoms with Crippen LogP contribution in [0.5, 0.6) is 0 Å². The van der Waals surface area contributed by atoms with Gasteiger partial charge in [-0.25, -0.2) is 16.8 Å². The van der Waals surface area contributed by atoms with E-state index in [-0.39, 0.29) is 4.90 Å². The second-order valence-electron chi connectivity index (χ2n) is 7.68. The average Bonchev–Trinajstić information content (AvgIpc) is 2.67. The molecular formula is C22H31N3O5S2. The minimum atomic E-state index is -3.74. The van der Waals surface area contributed by atoms with E-state index in [1.54, 1.807) is 26.0 Å². The summed E-state index contributed by atoms with van der Waals surface area (Å²) in [5.74, 6) is -0.533. The van der Waals surface area contributed by atoms with Crippen molar-refractivity contribution in [3.8, 4) is 0 Å². The number of anilines is 2. The SMILES string of the molecule is CCN(CC)S(=O)(=O)c1ccc(NC(=O)C(C)N(c2cc(C)cc(C)c2)S(C)(=O)=O)cc1. The maximum atomic E-state index is 12.9. The highest BCUT2D eigenvalue weighted by Crippen LogP contribution is 2.25. The quantitative estimate of drug-likeness (QED) is 0.593. The lowest BCUT2D eigenvalue weighted by Gasteiger charge is -2.29. The Hall–Kier alpha value is -2.43. The van der Waals surface area contributed by atoms with Crippen LogP contribution in [-0.4, -0.2) is 52.4 Å². The minimum absolute atomic E-state index is 0.125. The van der Waals surface area contributed by atoms with E-state index >= 15 is 0 Å². The van der Waals surface area contributed by atoms with E-state index in [9.17, 15) is 21.6 Å². The van der Waals surface area contributed by atoms with E-state index in [1.807, 2.05) is 19.9 Å². The maximum Gasteiger partial charge on any atom is 0.247 e. The number of amides is 1. The first kappa shape index (κ1) is 25.8. The standard InChI is InChI=1S/C22H31N3O5S2/c1-7-24(8-2)32(29,30)21-11-9-19(10-12-21)23-22(26)18(5)25(31(6,27)28)20-14-16(3)13-17(4)15-20/h9-15,18H,7-8H2,1-6H3,(H,23,26). The zero-order chi connectivity index (χ0) is 24.3. The predicted molar refractivity (Wildman–Crippen MR) is 128 cm³/mol. The number of aryl methyl sites for hydroxylation is 2. The Morgan fingerprint density at radius 2 is 1.44 bits per heavy atom. The van der Waals surface area contributed by atoms with Crippen LogP contribution in [-0.2, 0) is 24.8 Å². The molecule has 0 radical (unpaired) electrons. The molecule has 0 bridgehead atoms. The average molecular weight is 482 g/mol. The van der Waals surface area contributed by atoms with Gasteiger partial charge in [-0.15, -0.1) is 0 Å². The number of nitrogens with one attached hydrogen (secondary N) is 1. The van der Waals surface area contributed by atoms with Gasteiger partial charge >= 0.3 is 0 Å². The zero-order valence-corrected chi connectivity index (χ0v) is 20.9. The zero-order valence-electron chi connectivity index (χ0n) is 19.3. The van der Waals surface area contributed by atoms with Crippen LogP contribution in [0, 0.1) is 13.8 Å². The summed E-state index contributed by atoms with van der Waals surface area (Å²) in [7, 11) is -7.35. The number of benzene rings is 2. The summed E-state index contributed by atoms with van der Waals surface area (Å²) in [5.41, 5.74) is 2.54. The third-order valence-corrected chi connectivity index (χ3v) is 8.32. The molecule has 0 aliphatic rings. The Balaban J connectivity index is 2.28. The van der Waals surface area contributed by atoms with Crippen molar-refractivity contribution in [2.75, 3.05) is 29.0 Å². The van der Waals surface area contributed by atoms with Crippen molar-refractivity contribution in [2.24, 2.45) is 0 Å². The fraction of sp³-hybridized carbons (Fsp3) is 0.409. The molecule has 1 N–H and O–H groups in total. The van der Waals surface area contributed by atoms with Crippen molar-refractivity contribution in [3.63, 3.8) is 0 Å². The van der Waals surface area contributed by atoms with Crippen LogP contribution in [0.4, 0.5) is 11.4 Å². The van der Waals surface area contributed by atoms with Crippen molar-refractivity contribution in [1.82, 2.24) is 4.31 Å². The molecule has 0 saturated carbocycles. The summed E-state index contributed by atoms with van der Waals surface area (Å²) >= 11 is 0. The Bertz CT molecular complexity index is 1150. The largest absolute Gasteiger partial charge is 0.324 e. The summed E-state index contributed by atoms with van der Waals surface area (Å²) in [5, 5.41) is 2.68. The molecule has 1 unspecified atom stereocenters. The molecule has 0 aliphatic carbocycles. The van der Waals surface area contributed by atoms with E-state index in [2.05, 4.69) is 5.32 Å². The second-order valence-corrected chi connectivity index (χ2v) is 11.5. The summed E-state index contributed by atoms with van der Waals surface area (Å²) in [6.07, 6.45) is 1.06. The number of hydrogen-bond donors (Lipinski definition) is 1. The molecular weight excluding hydrogens is 450 g/mol. The molecule has 1 atom stereocenters. The molecule has 10 heteroatoms. The molecule has 8 nitrogen and oxygen atoms in total. The molecule has 0 heterocycles. The molecule has 0 spiro atoms. The van der Waals surface area contributed by atoms with E-state index in [4.69, 9.17) is 0 Å². The van der Waals surface area contributed by atoms with Crippen molar-refractivity contribution < 1.29 is 21.6 Å². The van der Waals surface area contributed by atoms with Gasteiger partial charge in [0.1, 0.15) is 6.04 Å². The fourth-order valence-electron chi connectivity index (χ4n) is 3.56. The number of carbonyl (C=O) groups excluding carboxylic acids is 1. The topological polar surface area (TPSA) is 104 Å². The third-order valence-electron chi connectivity index (χ3n) is 5.01. The van der Waals surface area contributed by atoms with Crippen molar-refractivity contribution in [2.45, 2.75) is 45.6 Å². The van der Waals surface area contributed by atoms with Gasteiger partial charge in [-0.1, -0.05) is 19.9 Å². The minimum Gasteiger partial charge on any atom is -0.324 e. The van der Waals surface area contributed by atoms with Gasteiger partial charge in [-0.2, -0.15) is 4.31 Å². The predicted octanol–water partition coefficient (Wildman–Crippen LogP) is 3.13. The molecule has 0 aromatic heterocycles. The van der Waals surface area contributed by atoms with Gasteiger partial charge in [0.05, 0.1) is 16.8 Å². The van der Waals surface area contributed by atoms with Crippen LogP contribution in [0.15, 0.2) is 47.4 Å². The number of carbonyl (C=O) groups is 1. The second kappa shape index (κ2) is 10.0. The Kier molecular flexibility index (Phi) is 8.08. The van der Waals surface area contributed by atoms with Crippen LogP contribution in [0.1, 0.15) is 31.9 Å². The number of sulfonamides is 2. The molecule has 32 heavy (non-hydrogen) atoms. The highest BCUT2D eigenvalue weighted by atomic mass is 32.2. The molecule has 2 rings (SSSR count). The summed E-state index contributed by atoms with van der Waals surface area (Å²) in [6.45, 7) is 9.46. The lowest BCUT2D eigenvalue weighted by atomic mass is 10.1. The highest BCUT2D eigenvalue weighted by molar-refractivity contribution is 7.92. The van der Waals surface area contributed by atoms with E-state index in [0.29, 0.717) is 24.5 Å². The molecule has 0 aliphatic heterocycles. The van der Waals surface area contributed by atoms with Crippen molar-refractivity contribution >= 4 is 37.3 Å². The van der Waals surface area contributed by atoms with Gasteiger partial charge in [-0.3, -0.25) is 9.10 Å². The smallest absolute Gasteiger partial charge is 0.247 e. The van der Waals surface area contributed by atoms with Gasteiger partial charge in [-0.05, 0) is 68.3 Å². The van der Waals surface area contributed by atoms with Gasteiger partial charge in [0.2, 0.25) is 26.0 Å². The first-order valence-corrected chi connectivity index (χ1v) is 13.6. The molecule has 2 aromatic carbocycles. The van der Waals surface area contributed by atoms with Crippen molar-refractivity contribution in [3.05, 3.63) is 53.6 Å². The summed E-state index contributed by atoms with van der Waals surface area (Å²) < 4.78 is 52.7. The van der Waals surface area contributed by atoms with Gasteiger partial charge in [0, 0.05) is 18.8 Å². The molecule has 176 valence electrons. The third kappa shape index (κ3) is 5.87. The Morgan fingerprint density at radius 3 is 1.88 bits per heavy atom. The van der Waals surface area contributed by atoms with Crippen LogP contribution in [0.2, 0.25) is 0 Å². The lowest BCUT2D eigenvalue weighted by molar-refractivity contribution is -0.116. The Labute approximate surface area is 191 Å².